The highest BCUT2D eigenvalue weighted by Gasteiger charge is 2.08. The molecule has 1 aliphatic rings. The summed E-state index contributed by atoms with van der Waals surface area (Å²) in [7, 11) is 3.32. The number of hydrogen-bond acceptors (Lipinski definition) is 5. The van der Waals surface area contributed by atoms with Gasteiger partial charge in [-0.2, -0.15) is 0 Å². The topological polar surface area (TPSA) is 40.2 Å². The van der Waals surface area contributed by atoms with Crippen molar-refractivity contribution in [2.24, 2.45) is 0 Å². The lowest BCUT2D eigenvalue weighted by molar-refractivity contribution is 0.0371. The van der Waals surface area contributed by atoms with E-state index in [9.17, 15) is 0 Å². The molecule has 5 nitrogen and oxygen atoms in total. The second-order valence-electron chi connectivity index (χ2n) is 7.77. The Balaban J connectivity index is 1.35. The average molecular weight is 426 g/mol. The van der Waals surface area contributed by atoms with Gasteiger partial charge in [-0.1, -0.05) is 37.1 Å². The first-order valence-corrected chi connectivity index (χ1v) is 11.2. The second-order valence-corrected chi connectivity index (χ2v) is 7.77. The van der Waals surface area contributed by atoms with E-state index >= 15 is 0 Å². The van der Waals surface area contributed by atoms with E-state index in [1.165, 1.54) is 25.8 Å². The number of nitrogens with zero attached hydrogens (tertiary/aromatic N) is 1. The molecule has 1 aliphatic heterocycles. The minimum absolute atomic E-state index is 0.774. The lowest BCUT2D eigenvalue weighted by Crippen LogP contribution is -2.36. The molecule has 0 radical (unpaired) electrons. The van der Waals surface area contributed by atoms with Gasteiger partial charge >= 0.3 is 0 Å². The molecule has 0 N–H and O–H groups in total. The van der Waals surface area contributed by atoms with Gasteiger partial charge < -0.3 is 18.9 Å². The number of ether oxygens (including phenoxy) is 4. The number of hydrogen-bond donors (Lipinski definition) is 0. The van der Waals surface area contributed by atoms with E-state index in [1.807, 2.05) is 30.3 Å². The van der Waals surface area contributed by atoms with Gasteiger partial charge in [0, 0.05) is 19.2 Å². The largest absolute Gasteiger partial charge is 0.497 e. The summed E-state index contributed by atoms with van der Waals surface area (Å²) in [6, 6.07) is 14.0. The van der Waals surface area contributed by atoms with Crippen LogP contribution in [0.2, 0.25) is 0 Å². The smallest absolute Gasteiger partial charge is 0.123 e. The van der Waals surface area contributed by atoms with Gasteiger partial charge in [0.15, 0.2) is 0 Å². The molecular weight excluding hydrogens is 390 g/mol. The van der Waals surface area contributed by atoms with Crippen molar-refractivity contribution in [1.29, 1.82) is 0 Å². The quantitative estimate of drug-likeness (QED) is 0.348. The summed E-state index contributed by atoms with van der Waals surface area (Å²) in [5, 5.41) is 0. The lowest BCUT2D eigenvalue weighted by Gasteiger charge is -2.26. The van der Waals surface area contributed by atoms with Crippen LogP contribution in [0.1, 0.15) is 36.8 Å². The third-order valence-corrected chi connectivity index (χ3v) is 5.46. The van der Waals surface area contributed by atoms with Gasteiger partial charge in [-0.05, 0) is 54.8 Å². The van der Waals surface area contributed by atoms with Crippen LogP contribution in [-0.4, -0.2) is 58.6 Å². The Morgan fingerprint density at radius 3 is 2.10 bits per heavy atom. The lowest BCUT2D eigenvalue weighted by atomic mass is 10.1. The first-order valence-electron chi connectivity index (χ1n) is 11.2. The Bertz CT molecular complexity index is 775. The summed E-state index contributed by atoms with van der Waals surface area (Å²) in [6.07, 6.45) is 8.97. The Kier molecular flexibility index (Phi) is 9.74. The molecular formula is C26H35NO4. The monoisotopic (exact) mass is 425 g/mol. The molecule has 0 bridgehead atoms. The van der Waals surface area contributed by atoms with Crippen molar-refractivity contribution >= 4 is 12.2 Å². The highest BCUT2D eigenvalue weighted by Crippen LogP contribution is 2.24. The predicted octanol–water partition coefficient (Wildman–Crippen LogP) is 5.15. The van der Waals surface area contributed by atoms with Crippen LogP contribution < -0.4 is 14.2 Å². The van der Waals surface area contributed by atoms with Crippen LogP contribution in [0.15, 0.2) is 42.5 Å². The van der Waals surface area contributed by atoms with Gasteiger partial charge in [0.05, 0.1) is 34.0 Å². The maximum Gasteiger partial charge on any atom is 0.123 e. The van der Waals surface area contributed by atoms with E-state index < -0.39 is 0 Å². The number of unbranched alkanes of at least 4 members (excludes halogenated alkanes) is 3. The number of methoxy groups -OCH3 is 2. The van der Waals surface area contributed by atoms with Crippen LogP contribution in [0.4, 0.5) is 0 Å². The first kappa shape index (κ1) is 23.2. The summed E-state index contributed by atoms with van der Waals surface area (Å²) in [5.41, 5.74) is 2.15. The zero-order valence-electron chi connectivity index (χ0n) is 18.8. The van der Waals surface area contributed by atoms with Crippen molar-refractivity contribution in [2.75, 3.05) is 53.7 Å². The summed E-state index contributed by atoms with van der Waals surface area (Å²) in [6.45, 7) is 5.92. The highest BCUT2D eigenvalue weighted by molar-refractivity contribution is 5.71. The van der Waals surface area contributed by atoms with Crippen LogP contribution in [-0.2, 0) is 4.74 Å². The molecule has 1 saturated heterocycles. The van der Waals surface area contributed by atoms with E-state index in [2.05, 4.69) is 29.2 Å². The van der Waals surface area contributed by atoms with E-state index in [1.54, 1.807) is 14.2 Å². The molecule has 168 valence electrons. The molecule has 0 aliphatic carbocycles. The Labute approximate surface area is 186 Å². The van der Waals surface area contributed by atoms with Gasteiger partial charge in [0.1, 0.15) is 17.2 Å². The molecule has 0 spiro atoms. The normalized spacial score (nSPS) is 14.6. The minimum Gasteiger partial charge on any atom is -0.497 e. The maximum absolute atomic E-state index is 5.90. The molecule has 1 fully saturated rings. The average Bonchev–Trinajstić information content (AvgIpc) is 2.83. The third kappa shape index (κ3) is 8.27. The highest BCUT2D eigenvalue weighted by atomic mass is 16.5. The van der Waals surface area contributed by atoms with Gasteiger partial charge in [0.2, 0.25) is 0 Å². The summed E-state index contributed by atoms with van der Waals surface area (Å²) in [5.74, 6) is 2.49. The molecule has 3 rings (SSSR count). The number of morpholine rings is 1. The molecule has 0 unspecified atom stereocenters. The van der Waals surface area contributed by atoms with Crippen molar-refractivity contribution in [1.82, 2.24) is 4.90 Å². The molecule has 2 aromatic rings. The van der Waals surface area contributed by atoms with Crippen LogP contribution in [0.25, 0.3) is 12.2 Å². The summed E-state index contributed by atoms with van der Waals surface area (Å²) >= 11 is 0. The van der Waals surface area contributed by atoms with E-state index in [-0.39, 0.29) is 0 Å². The molecule has 0 amide bonds. The molecule has 0 atom stereocenters. The van der Waals surface area contributed by atoms with Crippen molar-refractivity contribution in [3.05, 3.63) is 53.6 Å². The predicted molar refractivity (Wildman–Crippen MR) is 126 cm³/mol. The molecule has 1 heterocycles. The molecule has 2 aromatic carbocycles. The molecule has 0 saturated carbocycles. The Morgan fingerprint density at radius 1 is 0.774 bits per heavy atom. The van der Waals surface area contributed by atoms with Crippen molar-refractivity contribution < 1.29 is 18.9 Å². The fourth-order valence-corrected chi connectivity index (χ4v) is 3.60. The van der Waals surface area contributed by atoms with E-state index in [0.717, 1.165) is 67.7 Å². The zero-order valence-corrected chi connectivity index (χ0v) is 18.8. The minimum atomic E-state index is 0.774. The molecule has 5 heteroatoms. The second kappa shape index (κ2) is 13.0. The SMILES string of the molecule is COc1cc(/C=C/c2ccc(OCCCCCCN3CCOCC3)cc2)cc(OC)c1. The van der Waals surface area contributed by atoms with Crippen molar-refractivity contribution in [3.8, 4) is 17.2 Å². The number of benzene rings is 2. The first-order chi connectivity index (χ1) is 15.3. The molecule has 31 heavy (non-hydrogen) atoms. The van der Waals surface area contributed by atoms with Gasteiger partial charge in [-0.25, -0.2) is 0 Å². The van der Waals surface area contributed by atoms with Crippen LogP contribution in [0.5, 0.6) is 17.2 Å². The van der Waals surface area contributed by atoms with Gasteiger partial charge in [-0.3, -0.25) is 4.90 Å². The summed E-state index contributed by atoms with van der Waals surface area (Å²) < 4.78 is 21.9. The van der Waals surface area contributed by atoms with Crippen molar-refractivity contribution in [2.45, 2.75) is 25.7 Å². The van der Waals surface area contributed by atoms with Crippen LogP contribution in [0.3, 0.4) is 0 Å². The zero-order chi connectivity index (χ0) is 21.7. The fourth-order valence-electron chi connectivity index (χ4n) is 3.60. The van der Waals surface area contributed by atoms with Gasteiger partial charge in [-0.15, -0.1) is 0 Å². The van der Waals surface area contributed by atoms with Crippen LogP contribution >= 0.6 is 0 Å². The van der Waals surface area contributed by atoms with E-state index in [0.29, 0.717) is 0 Å². The number of rotatable bonds is 12. The third-order valence-electron chi connectivity index (χ3n) is 5.46. The fraction of sp³-hybridized carbons (Fsp3) is 0.462. The van der Waals surface area contributed by atoms with Gasteiger partial charge in [0.25, 0.3) is 0 Å². The molecule has 0 aromatic heterocycles. The Hall–Kier alpha value is -2.50. The standard InChI is InChI=1S/C26H35NO4/c1-28-25-19-23(20-26(21-25)29-2)8-7-22-9-11-24(12-10-22)31-16-6-4-3-5-13-27-14-17-30-18-15-27/h7-12,19-21H,3-6,13-18H2,1-2H3/b8-7+. The maximum atomic E-state index is 5.90. The summed E-state index contributed by atoms with van der Waals surface area (Å²) in [4.78, 5) is 2.50. The van der Waals surface area contributed by atoms with E-state index in [4.69, 9.17) is 18.9 Å². The van der Waals surface area contributed by atoms with Crippen LogP contribution in [0, 0.1) is 0 Å². The van der Waals surface area contributed by atoms with Crippen molar-refractivity contribution in [3.63, 3.8) is 0 Å². The Morgan fingerprint density at radius 2 is 1.42 bits per heavy atom.